The largest absolute Gasteiger partial charge is 0.480 e. The van der Waals surface area contributed by atoms with Crippen molar-refractivity contribution in [2.45, 2.75) is 77.8 Å². The number of likely N-dealkylation sites (tertiary alicyclic amines) is 1. The number of carboxylic acid groups (broad SMARTS) is 1. The quantitative estimate of drug-likeness (QED) is 0.791. The Morgan fingerprint density at radius 2 is 1.90 bits per heavy atom. The van der Waals surface area contributed by atoms with E-state index in [0.29, 0.717) is 18.9 Å². The molecule has 122 valence electrons. The summed E-state index contributed by atoms with van der Waals surface area (Å²) < 4.78 is 0. The number of nitrogens with zero attached hydrogens (tertiary/aromatic N) is 1. The number of hydrogen-bond acceptors (Lipinski definition) is 2. The van der Waals surface area contributed by atoms with E-state index in [0.717, 1.165) is 38.5 Å². The number of nitrogens with one attached hydrogen (secondary N) is 1. The molecule has 5 nitrogen and oxygen atoms in total. The monoisotopic (exact) mass is 298 g/mol. The number of rotatable bonds is 6. The molecule has 0 radical (unpaired) electrons. The molecule has 21 heavy (non-hydrogen) atoms. The molecular weight excluding hydrogens is 268 g/mol. The normalized spacial score (nSPS) is 21.0. The first-order valence-corrected chi connectivity index (χ1v) is 8.21. The lowest BCUT2D eigenvalue weighted by atomic mass is 10.0. The molecule has 0 aromatic carbocycles. The molecule has 2 unspecified atom stereocenters. The van der Waals surface area contributed by atoms with Gasteiger partial charge >= 0.3 is 12.0 Å². The summed E-state index contributed by atoms with van der Waals surface area (Å²) in [5.41, 5.74) is 0. The van der Waals surface area contributed by atoms with Crippen molar-refractivity contribution in [3.8, 4) is 0 Å². The maximum atomic E-state index is 12.3. The van der Waals surface area contributed by atoms with Gasteiger partial charge in [-0.25, -0.2) is 9.59 Å². The Hall–Kier alpha value is -1.26. The van der Waals surface area contributed by atoms with Gasteiger partial charge in [0.1, 0.15) is 6.04 Å². The molecule has 2 amide bonds. The number of amides is 2. The third-order valence-corrected chi connectivity index (χ3v) is 4.09. The van der Waals surface area contributed by atoms with Gasteiger partial charge in [0.25, 0.3) is 0 Å². The van der Waals surface area contributed by atoms with Crippen LogP contribution in [0.1, 0.15) is 65.7 Å². The first-order valence-electron chi connectivity index (χ1n) is 8.21. The van der Waals surface area contributed by atoms with Gasteiger partial charge in [-0.05, 0) is 32.1 Å². The van der Waals surface area contributed by atoms with Crippen LogP contribution in [0.4, 0.5) is 4.79 Å². The van der Waals surface area contributed by atoms with Crippen LogP contribution in [0.5, 0.6) is 0 Å². The van der Waals surface area contributed by atoms with Gasteiger partial charge in [0, 0.05) is 12.6 Å². The summed E-state index contributed by atoms with van der Waals surface area (Å²) in [4.78, 5) is 25.2. The Labute approximate surface area is 128 Å². The maximum absolute atomic E-state index is 12.3. The molecular formula is C16H30N2O3. The second-order valence-corrected chi connectivity index (χ2v) is 6.57. The van der Waals surface area contributed by atoms with Crippen LogP contribution in [-0.2, 0) is 4.79 Å². The maximum Gasteiger partial charge on any atom is 0.326 e. The van der Waals surface area contributed by atoms with Crippen molar-refractivity contribution in [3.63, 3.8) is 0 Å². The summed E-state index contributed by atoms with van der Waals surface area (Å²) in [6.45, 7) is 6.92. The van der Waals surface area contributed by atoms with Gasteiger partial charge in [-0.2, -0.15) is 0 Å². The van der Waals surface area contributed by atoms with Gasteiger partial charge in [-0.15, -0.1) is 0 Å². The summed E-state index contributed by atoms with van der Waals surface area (Å²) in [5.74, 6) is -0.214. The van der Waals surface area contributed by atoms with Crippen molar-refractivity contribution >= 4 is 12.0 Å². The predicted octanol–water partition coefficient (Wildman–Crippen LogP) is 3.24. The fraction of sp³-hybridized carbons (Fsp3) is 0.875. The predicted molar refractivity (Wildman–Crippen MR) is 83.3 cm³/mol. The second-order valence-electron chi connectivity index (χ2n) is 6.57. The smallest absolute Gasteiger partial charge is 0.326 e. The molecule has 5 heteroatoms. The minimum Gasteiger partial charge on any atom is -0.480 e. The number of aliphatic carboxylic acids is 1. The number of urea groups is 1. The van der Waals surface area contributed by atoms with Crippen LogP contribution in [-0.4, -0.2) is 40.6 Å². The average Bonchev–Trinajstić information content (AvgIpc) is 2.63. The van der Waals surface area contributed by atoms with E-state index < -0.39 is 12.0 Å². The first kappa shape index (κ1) is 17.8. The zero-order valence-corrected chi connectivity index (χ0v) is 13.6. The van der Waals surface area contributed by atoms with Crippen LogP contribution in [0.25, 0.3) is 0 Å². The SMILES string of the molecule is CC(C)CCCC(C)NC(=O)N1CCCCCC1C(=O)O. The highest BCUT2D eigenvalue weighted by atomic mass is 16.4. The van der Waals surface area contributed by atoms with Crippen molar-refractivity contribution in [2.24, 2.45) is 5.92 Å². The Morgan fingerprint density at radius 3 is 2.52 bits per heavy atom. The van der Waals surface area contributed by atoms with E-state index in [-0.39, 0.29) is 12.1 Å². The Morgan fingerprint density at radius 1 is 1.19 bits per heavy atom. The lowest BCUT2D eigenvalue weighted by molar-refractivity contribution is -0.142. The molecule has 0 aliphatic carbocycles. The molecule has 0 saturated carbocycles. The summed E-state index contributed by atoms with van der Waals surface area (Å²) in [6.07, 6.45) is 6.50. The summed E-state index contributed by atoms with van der Waals surface area (Å²) in [6, 6.07) is -0.800. The molecule has 1 saturated heterocycles. The van der Waals surface area contributed by atoms with Crippen LogP contribution in [0.2, 0.25) is 0 Å². The number of hydrogen-bond donors (Lipinski definition) is 2. The zero-order chi connectivity index (χ0) is 15.8. The van der Waals surface area contributed by atoms with Crippen LogP contribution < -0.4 is 5.32 Å². The fourth-order valence-corrected chi connectivity index (χ4v) is 2.81. The molecule has 1 rings (SSSR count). The summed E-state index contributed by atoms with van der Waals surface area (Å²) in [5, 5.41) is 12.3. The zero-order valence-electron chi connectivity index (χ0n) is 13.6. The van der Waals surface area contributed by atoms with E-state index in [9.17, 15) is 14.7 Å². The third-order valence-electron chi connectivity index (χ3n) is 4.09. The molecule has 1 aliphatic rings. The Bertz CT molecular complexity index is 344. The van der Waals surface area contributed by atoms with Gasteiger partial charge in [0.05, 0.1) is 0 Å². The summed E-state index contributed by atoms with van der Waals surface area (Å²) in [7, 11) is 0. The molecule has 0 bridgehead atoms. The fourth-order valence-electron chi connectivity index (χ4n) is 2.81. The van der Waals surface area contributed by atoms with Gasteiger partial charge in [-0.1, -0.05) is 39.5 Å². The van der Waals surface area contributed by atoms with E-state index in [1.165, 1.54) is 4.90 Å². The van der Waals surface area contributed by atoms with E-state index in [1.54, 1.807) is 0 Å². The topological polar surface area (TPSA) is 69.6 Å². The van der Waals surface area contributed by atoms with E-state index >= 15 is 0 Å². The minimum atomic E-state index is -0.889. The molecule has 2 N–H and O–H groups in total. The lowest BCUT2D eigenvalue weighted by Crippen LogP contribution is -2.51. The highest BCUT2D eigenvalue weighted by Gasteiger charge is 2.31. The average molecular weight is 298 g/mol. The van der Waals surface area contributed by atoms with E-state index in [1.807, 2.05) is 6.92 Å². The number of carbonyl (C=O) groups excluding carboxylic acids is 1. The van der Waals surface area contributed by atoms with Crippen molar-refractivity contribution in [3.05, 3.63) is 0 Å². The summed E-state index contributed by atoms with van der Waals surface area (Å²) >= 11 is 0. The molecule has 1 fully saturated rings. The second kappa shape index (κ2) is 8.90. The molecule has 0 aromatic rings. The highest BCUT2D eigenvalue weighted by Crippen LogP contribution is 2.17. The standard InChI is InChI=1S/C16H30N2O3/c1-12(2)8-7-9-13(3)17-16(21)18-11-6-4-5-10-14(18)15(19)20/h12-14H,4-11H2,1-3H3,(H,17,21)(H,19,20). The minimum absolute atomic E-state index is 0.0916. The van der Waals surface area contributed by atoms with Crippen LogP contribution in [0, 0.1) is 5.92 Å². The van der Waals surface area contributed by atoms with E-state index in [2.05, 4.69) is 19.2 Å². The Balaban J connectivity index is 2.48. The van der Waals surface area contributed by atoms with Gasteiger partial charge < -0.3 is 15.3 Å². The lowest BCUT2D eigenvalue weighted by Gasteiger charge is -2.28. The number of carbonyl (C=O) groups is 2. The number of carboxylic acids is 1. The van der Waals surface area contributed by atoms with Crippen LogP contribution in [0.15, 0.2) is 0 Å². The van der Waals surface area contributed by atoms with Crippen LogP contribution >= 0.6 is 0 Å². The molecule has 0 spiro atoms. The van der Waals surface area contributed by atoms with Crippen molar-refractivity contribution in [1.29, 1.82) is 0 Å². The molecule has 0 aromatic heterocycles. The van der Waals surface area contributed by atoms with E-state index in [4.69, 9.17) is 0 Å². The van der Waals surface area contributed by atoms with Crippen LogP contribution in [0.3, 0.4) is 0 Å². The Kier molecular flexibility index (Phi) is 7.54. The third kappa shape index (κ3) is 6.36. The van der Waals surface area contributed by atoms with Crippen molar-refractivity contribution in [2.75, 3.05) is 6.54 Å². The van der Waals surface area contributed by atoms with Gasteiger partial charge in [0.15, 0.2) is 0 Å². The molecule has 1 heterocycles. The van der Waals surface area contributed by atoms with Crippen molar-refractivity contribution < 1.29 is 14.7 Å². The highest BCUT2D eigenvalue weighted by molar-refractivity contribution is 5.82. The van der Waals surface area contributed by atoms with Gasteiger partial charge in [-0.3, -0.25) is 0 Å². The van der Waals surface area contributed by atoms with Gasteiger partial charge in [0.2, 0.25) is 0 Å². The molecule has 2 atom stereocenters. The first-order chi connectivity index (χ1) is 9.91. The molecule has 1 aliphatic heterocycles. The van der Waals surface area contributed by atoms with Crippen molar-refractivity contribution in [1.82, 2.24) is 10.2 Å².